The molecule has 5 nitrogen and oxygen atoms in total. The first-order valence-corrected chi connectivity index (χ1v) is 7.91. The summed E-state index contributed by atoms with van der Waals surface area (Å²) in [6, 6.07) is 1.78. The molecular formula is C15H24N2O3S. The van der Waals surface area contributed by atoms with Crippen LogP contribution in [0.2, 0.25) is 0 Å². The molecule has 1 N–H and O–H groups in total. The quantitative estimate of drug-likeness (QED) is 0.908. The molecule has 0 bridgehead atoms. The molecule has 21 heavy (non-hydrogen) atoms. The molecule has 1 aromatic rings. The zero-order valence-electron chi connectivity index (χ0n) is 13.3. The minimum atomic E-state index is -0.502. The summed E-state index contributed by atoms with van der Waals surface area (Å²) in [7, 11) is 1.71. The lowest BCUT2D eigenvalue weighted by atomic mass is 10.2. The van der Waals surface area contributed by atoms with Gasteiger partial charge in [-0.15, -0.1) is 0 Å². The van der Waals surface area contributed by atoms with E-state index in [0.29, 0.717) is 18.5 Å². The summed E-state index contributed by atoms with van der Waals surface area (Å²) < 4.78 is 5.31. The molecule has 6 heteroatoms. The molecule has 1 atom stereocenters. The molecule has 0 aliphatic carbocycles. The summed E-state index contributed by atoms with van der Waals surface area (Å²) >= 11 is 1.49. The Morgan fingerprint density at radius 3 is 2.62 bits per heavy atom. The van der Waals surface area contributed by atoms with Crippen molar-refractivity contribution in [2.24, 2.45) is 0 Å². The number of carbonyl (C=O) groups is 2. The maximum atomic E-state index is 11.9. The van der Waals surface area contributed by atoms with E-state index in [0.717, 1.165) is 0 Å². The number of ether oxygens (including phenoxy) is 1. The SMILES string of the molecule is C[C@H](CCNC(=O)c1ccsc1)N(C)C(=O)OC(C)(C)C. The summed E-state index contributed by atoms with van der Waals surface area (Å²) in [5.74, 6) is -0.0802. The van der Waals surface area contributed by atoms with Gasteiger partial charge in [0.05, 0.1) is 0 Å². The van der Waals surface area contributed by atoms with E-state index in [1.165, 1.54) is 11.3 Å². The van der Waals surface area contributed by atoms with Crippen molar-refractivity contribution >= 4 is 23.3 Å². The van der Waals surface area contributed by atoms with Crippen molar-refractivity contribution in [1.82, 2.24) is 10.2 Å². The highest BCUT2D eigenvalue weighted by Crippen LogP contribution is 2.12. The second-order valence-electron chi connectivity index (χ2n) is 6.00. The molecule has 0 aliphatic heterocycles. The lowest BCUT2D eigenvalue weighted by Crippen LogP contribution is -2.41. The van der Waals surface area contributed by atoms with Gasteiger partial charge in [-0.2, -0.15) is 11.3 Å². The summed E-state index contributed by atoms with van der Waals surface area (Å²) in [6.07, 6.45) is 0.324. The summed E-state index contributed by atoms with van der Waals surface area (Å²) in [5, 5.41) is 6.53. The van der Waals surface area contributed by atoms with E-state index in [1.54, 1.807) is 18.0 Å². The third-order valence-electron chi connectivity index (χ3n) is 2.97. The monoisotopic (exact) mass is 312 g/mol. The van der Waals surface area contributed by atoms with Crippen LogP contribution in [-0.4, -0.2) is 42.1 Å². The zero-order valence-corrected chi connectivity index (χ0v) is 14.1. The molecule has 0 radical (unpaired) electrons. The van der Waals surface area contributed by atoms with Crippen molar-refractivity contribution in [2.75, 3.05) is 13.6 Å². The Balaban J connectivity index is 2.34. The van der Waals surface area contributed by atoms with E-state index in [1.807, 2.05) is 38.5 Å². The van der Waals surface area contributed by atoms with Crippen molar-refractivity contribution in [2.45, 2.75) is 45.8 Å². The maximum absolute atomic E-state index is 11.9. The fourth-order valence-corrected chi connectivity index (χ4v) is 2.23. The summed E-state index contributed by atoms with van der Waals surface area (Å²) in [5.41, 5.74) is 0.172. The minimum Gasteiger partial charge on any atom is -0.444 e. The van der Waals surface area contributed by atoms with E-state index in [-0.39, 0.29) is 18.0 Å². The number of rotatable bonds is 5. The topological polar surface area (TPSA) is 58.6 Å². The molecule has 0 aromatic carbocycles. The van der Waals surface area contributed by atoms with Gasteiger partial charge in [-0.25, -0.2) is 4.79 Å². The van der Waals surface area contributed by atoms with Crippen LogP contribution in [0.25, 0.3) is 0 Å². The highest BCUT2D eigenvalue weighted by molar-refractivity contribution is 7.08. The first-order chi connectivity index (χ1) is 9.70. The van der Waals surface area contributed by atoms with E-state index in [4.69, 9.17) is 4.74 Å². The molecule has 0 saturated heterocycles. The van der Waals surface area contributed by atoms with Crippen LogP contribution < -0.4 is 5.32 Å². The lowest BCUT2D eigenvalue weighted by Gasteiger charge is -2.28. The van der Waals surface area contributed by atoms with Gasteiger partial charge in [-0.1, -0.05) is 0 Å². The number of amides is 2. The second-order valence-corrected chi connectivity index (χ2v) is 6.78. The van der Waals surface area contributed by atoms with Crippen LogP contribution in [0.15, 0.2) is 16.8 Å². The highest BCUT2D eigenvalue weighted by Gasteiger charge is 2.22. The van der Waals surface area contributed by atoms with E-state index in [9.17, 15) is 9.59 Å². The second kappa shape index (κ2) is 7.45. The van der Waals surface area contributed by atoms with E-state index in [2.05, 4.69) is 5.32 Å². The van der Waals surface area contributed by atoms with Crippen molar-refractivity contribution in [3.63, 3.8) is 0 Å². The van der Waals surface area contributed by atoms with E-state index < -0.39 is 5.60 Å². The summed E-state index contributed by atoms with van der Waals surface area (Å²) in [6.45, 7) is 7.96. The van der Waals surface area contributed by atoms with Crippen molar-refractivity contribution in [3.8, 4) is 0 Å². The Kier molecular flexibility index (Phi) is 6.20. The molecule has 118 valence electrons. The average Bonchev–Trinajstić information content (AvgIpc) is 2.89. The summed E-state index contributed by atoms with van der Waals surface area (Å²) in [4.78, 5) is 25.2. The van der Waals surface area contributed by atoms with Gasteiger partial charge < -0.3 is 15.0 Å². The van der Waals surface area contributed by atoms with Gasteiger partial charge >= 0.3 is 6.09 Å². The van der Waals surface area contributed by atoms with E-state index >= 15 is 0 Å². The normalized spacial score (nSPS) is 12.6. The predicted molar refractivity (Wildman–Crippen MR) is 84.7 cm³/mol. The van der Waals surface area contributed by atoms with Crippen LogP contribution in [0.1, 0.15) is 44.5 Å². The maximum Gasteiger partial charge on any atom is 0.410 e. The largest absolute Gasteiger partial charge is 0.444 e. The fraction of sp³-hybridized carbons (Fsp3) is 0.600. The van der Waals surface area contributed by atoms with Crippen molar-refractivity contribution in [3.05, 3.63) is 22.4 Å². The average molecular weight is 312 g/mol. The Morgan fingerprint density at radius 2 is 2.10 bits per heavy atom. The Hall–Kier alpha value is -1.56. The van der Waals surface area contributed by atoms with Crippen LogP contribution in [0, 0.1) is 0 Å². The Bertz CT molecular complexity index is 466. The molecule has 0 aliphatic rings. The van der Waals surface area contributed by atoms with Crippen LogP contribution in [-0.2, 0) is 4.74 Å². The number of nitrogens with zero attached hydrogens (tertiary/aromatic N) is 1. The van der Waals surface area contributed by atoms with Gasteiger partial charge in [0, 0.05) is 30.6 Å². The lowest BCUT2D eigenvalue weighted by molar-refractivity contribution is 0.0230. The zero-order chi connectivity index (χ0) is 16.0. The molecule has 0 fully saturated rings. The minimum absolute atomic E-state index is 0.0115. The fourth-order valence-electron chi connectivity index (χ4n) is 1.60. The van der Waals surface area contributed by atoms with Gasteiger partial charge in [-0.05, 0) is 45.6 Å². The third-order valence-corrected chi connectivity index (χ3v) is 3.66. The molecule has 0 saturated carbocycles. The van der Waals surface area contributed by atoms with Crippen molar-refractivity contribution < 1.29 is 14.3 Å². The number of thiophene rings is 1. The molecule has 2 amide bonds. The predicted octanol–water partition coefficient (Wildman–Crippen LogP) is 3.12. The van der Waals surface area contributed by atoms with Gasteiger partial charge in [0.15, 0.2) is 0 Å². The number of hydrogen-bond donors (Lipinski definition) is 1. The van der Waals surface area contributed by atoms with Gasteiger partial charge in [0.25, 0.3) is 5.91 Å². The Labute approximate surface area is 130 Å². The van der Waals surface area contributed by atoms with Crippen LogP contribution in [0.3, 0.4) is 0 Å². The van der Waals surface area contributed by atoms with Crippen LogP contribution in [0.5, 0.6) is 0 Å². The standard InChI is InChI=1S/C15H24N2O3S/c1-11(17(5)14(19)20-15(2,3)4)6-8-16-13(18)12-7-9-21-10-12/h7,9-11H,6,8H2,1-5H3,(H,16,18)/t11-/m1/s1. The molecule has 0 unspecified atom stereocenters. The number of hydrogen-bond acceptors (Lipinski definition) is 4. The van der Waals surface area contributed by atoms with Crippen LogP contribution >= 0.6 is 11.3 Å². The molecule has 1 rings (SSSR count). The smallest absolute Gasteiger partial charge is 0.410 e. The molecular weight excluding hydrogens is 288 g/mol. The third kappa shape index (κ3) is 6.16. The van der Waals surface area contributed by atoms with Gasteiger partial charge in [-0.3, -0.25) is 4.79 Å². The molecule has 1 heterocycles. The number of nitrogens with one attached hydrogen (secondary N) is 1. The Morgan fingerprint density at radius 1 is 1.43 bits per heavy atom. The van der Waals surface area contributed by atoms with Crippen LogP contribution in [0.4, 0.5) is 4.79 Å². The van der Waals surface area contributed by atoms with Crippen molar-refractivity contribution in [1.29, 1.82) is 0 Å². The first kappa shape index (κ1) is 17.5. The molecule has 0 spiro atoms. The molecule has 1 aromatic heterocycles. The van der Waals surface area contributed by atoms with Gasteiger partial charge in [0.2, 0.25) is 0 Å². The number of carbonyl (C=O) groups excluding carboxylic acids is 2. The van der Waals surface area contributed by atoms with Gasteiger partial charge in [0.1, 0.15) is 5.60 Å². The first-order valence-electron chi connectivity index (χ1n) is 6.97. The highest BCUT2D eigenvalue weighted by atomic mass is 32.1.